The molecule has 1 heterocycles. The first-order valence-electron chi connectivity index (χ1n) is 8.38. The van der Waals surface area contributed by atoms with Crippen molar-refractivity contribution < 1.29 is 23.6 Å². The van der Waals surface area contributed by atoms with Crippen LogP contribution in [0.5, 0.6) is 0 Å². The Morgan fingerprint density at radius 1 is 1.21 bits per heavy atom. The van der Waals surface area contributed by atoms with E-state index in [0.29, 0.717) is 31.8 Å². The highest BCUT2D eigenvalue weighted by molar-refractivity contribution is 5.96. The summed E-state index contributed by atoms with van der Waals surface area (Å²) in [7, 11) is 0. The fourth-order valence-electron chi connectivity index (χ4n) is 2.69. The number of hydrogen-bond acceptors (Lipinski definition) is 4. The Balaban J connectivity index is 2.32. The lowest BCUT2D eigenvalue weighted by Gasteiger charge is -2.17. The molecule has 0 saturated carbocycles. The molecule has 130 valence electrons. The second-order valence-corrected chi connectivity index (χ2v) is 5.54. The van der Waals surface area contributed by atoms with E-state index < -0.39 is 5.97 Å². The lowest BCUT2D eigenvalue weighted by atomic mass is 10.1. The third kappa shape index (κ3) is 4.14. The molecule has 1 atom stereocenters. The summed E-state index contributed by atoms with van der Waals surface area (Å²) in [5.74, 6) is -0.225. The van der Waals surface area contributed by atoms with Crippen LogP contribution in [0, 0.1) is 0 Å². The molecule has 2 N–H and O–H groups in total. The Kier molecular flexibility index (Phi) is 6.37. The van der Waals surface area contributed by atoms with Gasteiger partial charge < -0.3 is 19.4 Å². The number of quaternary nitrogens is 1. The Morgan fingerprint density at radius 2 is 1.96 bits per heavy atom. The number of carbonyl (C=O) groups excluding carboxylic acids is 2. The quantitative estimate of drug-likeness (QED) is 0.711. The molecule has 1 aromatic carbocycles. The standard InChI is InChI=1S/C18H24N2O4/c1-4-19-16(21)12-20(5-2)11-14-13-9-7-8-10-15(13)24-17(14)18(22)23-6-3/h7-10H,4-6,11-12H2,1-3H3,(H,19,21)/p+1. The summed E-state index contributed by atoms with van der Waals surface area (Å²) in [4.78, 5) is 25.2. The van der Waals surface area contributed by atoms with Crippen molar-refractivity contribution in [1.82, 2.24) is 5.32 Å². The first-order valence-corrected chi connectivity index (χ1v) is 8.38. The summed E-state index contributed by atoms with van der Waals surface area (Å²) >= 11 is 0. The van der Waals surface area contributed by atoms with E-state index >= 15 is 0 Å². The zero-order valence-corrected chi connectivity index (χ0v) is 14.5. The van der Waals surface area contributed by atoms with Crippen molar-refractivity contribution in [2.75, 3.05) is 26.2 Å². The molecule has 0 radical (unpaired) electrons. The van der Waals surface area contributed by atoms with Gasteiger partial charge in [0.1, 0.15) is 12.1 Å². The first kappa shape index (κ1) is 18.0. The Bertz CT molecular complexity index is 708. The van der Waals surface area contributed by atoms with Gasteiger partial charge in [-0.15, -0.1) is 0 Å². The number of hydrogen-bond donors (Lipinski definition) is 2. The predicted molar refractivity (Wildman–Crippen MR) is 90.9 cm³/mol. The van der Waals surface area contributed by atoms with Crippen LogP contribution in [0.15, 0.2) is 28.7 Å². The van der Waals surface area contributed by atoms with E-state index in [9.17, 15) is 9.59 Å². The largest absolute Gasteiger partial charge is 0.460 e. The van der Waals surface area contributed by atoms with Crippen molar-refractivity contribution in [3.63, 3.8) is 0 Å². The summed E-state index contributed by atoms with van der Waals surface area (Å²) in [5, 5.41) is 3.70. The van der Waals surface area contributed by atoms with Crippen LogP contribution >= 0.6 is 0 Å². The number of rotatable bonds is 8. The fraction of sp³-hybridized carbons (Fsp3) is 0.444. The molecule has 1 amide bonds. The molecule has 0 fully saturated rings. The van der Waals surface area contributed by atoms with E-state index in [1.165, 1.54) is 0 Å². The Hall–Kier alpha value is -2.34. The summed E-state index contributed by atoms with van der Waals surface area (Å²) in [6.07, 6.45) is 0. The van der Waals surface area contributed by atoms with Crippen molar-refractivity contribution in [3.05, 3.63) is 35.6 Å². The third-order valence-corrected chi connectivity index (χ3v) is 3.87. The van der Waals surface area contributed by atoms with Crippen LogP contribution in [0.3, 0.4) is 0 Å². The average Bonchev–Trinajstić information content (AvgIpc) is 2.93. The summed E-state index contributed by atoms with van der Waals surface area (Å²) < 4.78 is 10.8. The highest BCUT2D eigenvalue weighted by Crippen LogP contribution is 2.26. The minimum Gasteiger partial charge on any atom is -0.460 e. The molecule has 24 heavy (non-hydrogen) atoms. The van der Waals surface area contributed by atoms with Gasteiger partial charge in [-0.3, -0.25) is 4.79 Å². The van der Waals surface area contributed by atoms with Gasteiger partial charge in [0, 0.05) is 11.9 Å². The second kappa shape index (κ2) is 8.49. The van der Waals surface area contributed by atoms with Crippen molar-refractivity contribution in [2.45, 2.75) is 27.3 Å². The molecule has 2 rings (SSSR count). The van der Waals surface area contributed by atoms with Crippen molar-refractivity contribution in [3.8, 4) is 0 Å². The van der Waals surface area contributed by atoms with Crippen molar-refractivity contribution in [2.24, 2.45) is 0 Å². The maximum Gasteiger partial charge on any atom is 0.374 e. The topological polar surface area (TPSA) is 73.0 Å². The minimum absolute atomic E-state index is 0.000153. The molecule has 0 aliphatic heterocycles. The monoisotopic (exact) mass is 333 g/mol. The zero-order chi connectivity index (χ0) is 17.5. The zero-order valence-electron chi connectivity index (χ0n) is 14.5. The fourth-order valence-corrected chi connectivity index (χ4v) is 2.69. The van der Waals surface area contributed by atoms with Gasteiger partial charge in [-0.25, -0.2) is 4.79 Å². The number of nitrogens with one attached hydrogen (secondary N) is 2. The van der Waals surface area contributed by atoms with Crippen LogP contribution in [0.4, 0.5) is 0 Å². The molecule has 0 aliphatic rings. The molecule has 6 heteroatoms. The number of furan rings is 1. The first-order chi connectivity index (χ1) is 11.6. The van der Waals surface area contributed by atoms with Gasteiger partial charge >= 0.3 is 5.97 Å². The maximum atomic E-state index is 12.2. The molecule has 1 aromatic heterocycles. The minimum atomic E-state index is -0.461. The molecular weight excluding hydrogens is 308 g/mol. The Morgan fingerprint density at radius 3 is 2.62 bits per heavy atom. The van der Waals surface area contributed by atoms with E-state index in [4.69, 9.17) is 9.15 Å². The van der Waals surface area contributed by atoms with Crippen molar-refractivity contribution >= 4 is 22.8 Å². The van der Waals surface area contributed by atoms with E-state index in [0.717, 1.165) is 22.4 Å². The van der Waals surface area contributed by atoms with Crippen LogP contribution in [-0.2, 0) is 16.1 Å². The molecular formula is C18H25N2O4+. The van der Waals surface area contributed by atoms with Crippen LogP contribution < -0.4 is 10.2 Å². The molecule has 0 saturated heterocycles. The SMILES string of the molecule is CCNC(=O)C[NH+](CC)Cc1c(C(=O)OCC)oc2ccccc12. The van der Waals surface area contributed by atoms with E-state index in [2.05, 4.69) is 5.32 Å². The number of para-hydroxylation sites is 1. The van der Waals surface area contributed by atoms with Gasteiger partial charge in [0.25, 0.3) is 5.91 Å². The normalized spacial score (nSPS) is 12.1. The number of ether oxygens (including phenoxy) is 1. The number of amides is 1. The van der Waals surface area contributed by atoms with E-state index in [-0.39, 0.29) is 11.7 Å². The molecule has 0 aliphatic carbocycles. The number of benzene rings is 1. The van der Waals surface area contributed by atoms with Crippen molar-refractivity contribution in [1.29, 1.82) is 0 Å². The van der Waals surface area contributed by atoms with Crippen LogP contribution in [0.1, 0.15) is 36.9 Å². The lowest BCUT2D eigenvalue weighted by Crippen LogP contribution is -3.11. The van der Waals surface area contributed by atoms with Gasteiger partial charge in [-0.1, -0.05) is 18.2 Å². The number of esters is 1. The Labute approximate surface area is 141 Å². The van der Waals surface area contributed by atoms with Gasteiger partial charge in [0.15, 0.2) is 6.54 Å². The molecule has 6 nitrogen and oxygen atoms in total. The molecule has 2 aromatic rings. The van der Waals surface area contributed by atoms with Gasteiger partial charge in [-0.05, 0) is 26.8 Å². The van der Waals surface area contributed by atoms with Gasteiger partial charge in [-0.2, -0.15) is 0 Å². The van der Waals surface area contributed by atoms with E-state index in [1.807, 2.05) is 38.1 Å². The van der Waals surface area contributed by atoms with Crippen LogP contribution in [-0.4, -0.2) is 38.1 Å². The lowest BCUT2D eigenvalue weighted by molar-refractivity contribution is -0.904. The van der Waals surface area contributed by atoms with Crippen LogP contribution in [0.2, 0.25) is 0 Å². The highest BCUT2D eigenvalue weighted by Gasteiger charge is 2.25. The predicted octanol–water partition coefficient (Wildman–Crippen LogP) is 1.15. The van der Waals surface area contributed by atoms with E-state index in [1.54, 1.807) is 6.92 Å². The van der Waals surface area contributed by atoms with Crippen LogP contribution in [0.25, 0.3) is 11.0 Å². The number of likely N-dealkylation sites (N-methyl/N-ethyl adjacent to an activating group) is 2. The molecule has 1 unspecified atom stereocenters. The molecule has 0 bridgehead atoms. The summed E-state index contributed by atoms with van der Waals surface area (Å²) in [6.45, 7) is 8.21. The van der Waals surface area contributed by atoms with Gasteiger partial charge in [0.05, 0.1) is 18.7 Å². The average molecular weight is 333 g/mol. The highest BCUT2D eigenvalue weighted by atomic mass is 16.5. The smallest absolute Gasteiger partial charge is 0.374 e. The second-order valence-electron chi connectivity index (χ2n) is 5.54. The summed E-state index contributed by atoms with van der Waals surface area (Å²) in [5.41, 5.74) is 1.45. The molecule has 0 spiro atoms. The van der Waals surface area contributed by atoms with Gasteiger partial charge in [0.2, 0.25) is 5.76 Å². The number of fused-ring (bicyclic) bond motifs is 1. The third-order valence-electron chi connectivity index (χ3n) is 3.87. The summed E-state index contributed by atoms with van der Waals surface area (Å²) in [6, 6.07) is 7.53. The number of carbonyl (C=O) groups is 2. The maximum absolute atomic E-state index is 12.2.